The van der Waals surface area contributed by atoms with Crippen LogP contribution in [0.2, 0.25) is 0 Å². The highest BCUT2D eigenvalue weighted by molar-refractivity contribution is 9.10. The maximum Gasteiger partial charge on any atom is 0.293 e. The standard InChI is InChI=1S/C19H13BrN2O7S/c1-29-16-6-11(13(20)8-14(16)23)7-17-18(25)21(19(26)30-17)9-15(24)10-2-4-12(5-3-10)22(27)28/h2-8,23H,9H2,1H3/b17-7-. The maximum atomic E-state index is 12.6. The topological polar surface area (TPSA) is 127 Å². The quantitative estimate of drug-likeness (QED) is 0.277. The first-order valence-electron chi connectivity index (χ1n) is 8.30. The largest absolute Gasteiger partial charge is 0.504 e. The van der Waals surface area contributed by atoms with Gasteiger partial charge < -0.3 is 9.84 Å². The molecule has 1 N–H and O–H groups in total. The van der Waals surface area contributed by atoms with Crippen molar-refractivity contribution in [2.75, 3.05) is 13.7 Å². The Labute approximate surface area is 182 Å². The van der Waals surface area contributed by atoms with Crippen molar-refractivity contribution >= 4 is 56.4 Å². The van der Waals surface area contributed by atoms with Gasteiger partial charge in [-0.05, 0) is 47.7 Å². The molecule has 1 fully saturated rings. The highest BCUT2D eigenvalue weighted by Gasteiger charge is 2.36. The Morgan fingerprint density at radius 2 is 1.97 bits per heavy atom. The molecule has 2 aromatic rings. The molecule has 0 aromatic heterocycles. The molecule has 9 nitrogen and oxygen atoms in total. The van der Waals surface area contributed by atoms with Crippen molar-refractivity contribution in [3.63, 3.8) is 0 Å². The summed E-state index contributed by atoms with van der Waals surface area (Å²) in [7, 11) is 1.38. The summed E-state index contributed by atoms with van der Waals surface area (Å²) < 4.78 is 5.52. The molecule has 2 amide bonds. The van der Waals surface area contributed by atoms with E-state index in [-0.39, 0.29) is 27.7 Å². The Balaban J connectivity index is 1.80. The molecule has 2 aromatic carbocycles. The Kier molecular flexibility index (Phi) is 6.22. The third kappa shape index (κ3) is 4.36. The second kappa shape index (κ2) is 8.67. The lowest BCUT2D eigenvalue weighted by molar-refractivity contribution is -0.384. The molecule has 1 heterocycles. The SMILES string of the molecule is COc1cc(/C=C2\SC(=O)N(CC(=O)c3ccc([N+](=O)[O-])cc3)C2=O)c(Br)cc1O. The van der Waals surface area contributed by atoms with E-state index in [1.54, 1.807) is 0 Å². The van der Waals surface area contributed by atoms with Crippen molar-refractivity contribution in [3.05, 3.63) is 67.0 Å². The van der Waals surface area contributed by atoms with Crippen LogP contribution in [-0.2, 0) is 4.79 Å². The molecule has 0 aliphatic carbocycles. The number of rotatable bonds is 6. The molecular formula is C19H13BrN2O7S. The second-order valence-corrected chi connectivity index (χ2v) is 7.89. The highest BCUT2D eigenvalue weighted by atomic mass is 79.9. The van der Waals surface area contributed by atoms with Gasteiger partial charge in [0.25, 0.3) is 16.8 Å². The van der Waals surface area contributed by atoms with Gasteiger partial charge in [0.1, 0.15) is 0 Å². The molecule has 1 saturated heterocycles. The highest BCUT2D eigenvalue weighted by Crippen LogP contribution is 2.37. The summed E-state index contributed by atoms with van der Waals surface area (Å²) in [6.07, 6.45) is 1.45. The minimum absolute atomic E-state index is 0.0941. The minimum atomic E-state index is -0.640. The number of carbonyl (C=O) groups is 3. The van der Waals surface area contributed by atoms with E-state index in [9.17, 15) is 29.6 Å². The zero-order valence-electron chi connectivity index (χ0n) is 15.3. The number of phenolic OH excluding ortho intramolecular Hbond substituents is 1. The van der Waals surface area contributed by atoms with Crippen molar-refractivity contribution in [2.24, 2.45) is 0 Å². The van der Waals surface area contributed by atoms with E-state index >= 15 is 0 Å². The summed E-state index contributed by atoms with van der Waals surface area (Å²) in [5.74, 6) is -1.07. The monoisotopic (exact) mass is 492 g/mol. The summed E-state index contributed by atoms with van der Waals surface area (Å²) in [5.41, 5.74) is 0.474. The molecular weight excluding hydrogens is 480 g/mol. The number of halogens is 1. The van der Waals surface area contributed by atoms with Crippen molar-refractivity contribution in [1.82, 2.24) is 4.90 Å². The van der Waals surface area contributed by atoms with Crippen molar-refractivity contribution in [2.45, 2.75) is 0 Å². The van der Waals surface area contributed by atoms with E-state index in [4.69, 9.17) is 4.74 Å². The number of amides is 2. The Hall–Kier alpha value is -3.18. The minimum Gasteiger partial charge on any atom is -0.504 e. The number of thioether (sulfide) groups is 1. The first-order chi connectivity index (χ1) is 14.2. The number of ketones is 1. The summed E-state index contributed by atoms with van der Waals surface area (Å²) in [6, 6.07) is 7.79. The van der Waals surface area contributed by atoms with Crippen LogP contribution < -0.4 is 4.74 Å². The van der Waals surface area contributed by atoms with E-state index in [0.717, 1.165) is 4.90 Å². The van der Waals surface area contributed by atoms with E-state index in [1.807, 2.05) is 0 Å². The van der Waals surface area contributed by atoms with Crippen LogP contribution in [0, 0.1) is 10.1 Å². The molecule has 3 rings (SSSR count). The van der Waals surface area contributed by atoms with Gasteiger partial charge in [-0.2, -0.15) is 0 Å². The van der Waals surface area contributed by atoms with Gasteiger partial charge in [0.05, 0.1) is 23.5 Å². The molecule has 0 atom stereocenters. The molecule has 1 aliphatic heterocycles. The van der Waals surface area contributed by atoms with Gasteiger partial charge in [-0.1, -0.05) is 15.9 Å². The Morgan fingerprint density at radius 3 is 2.57 bits per heavy atom. The van der Waals surface area contributed by atoms with Crippen LogP contribution in [0.15, 0.2) is 45.8 Å². The van der Waals surface area contributed by atoms with Gasteiger partial charge >= 0.3 is 0 Å². The van der Waals surface area contributed by atoms with Crippen molar-refractivity contribution in [3.8, 4) is 11.5 Å². The van der Waals surface area contributed by atoms with Crippen LogP contribution in [0.3, 0.4) is 0 Å². The normalized spacial score (nSPS) is 15.0. The number of methoxy groups -OCH3 is 1. The zero-order chi connectivity index (χ0) is 22.0. The number of hydrogen-bond donors (Lipinski definition) is 1. The van der Waals surface area contributed by atoms with E-state index in [1.165, 1.54) is 49.6 Å². The lowest BCUT2D eigenvalue weighted by Crippen LogP contribution is -2.33. The number of hydrogen-bond acceptors (Lipinski definition) is 8. The number of imide groups is 1. The summed E-state index contributed by atoms with van der Waals surface area (Å²) >= 11 is 3.95. The maximum absolute atomic E-state index is 12.6. The lowest BCUT2D eigenvalue weighted by Gasteiger charge is -2.11. The molecule has 0 spiro atoms. The third-order valence-corrected chi connectivity index (χ3v) is 5.75. The molecule has 0 radical (unpaired) electrons. The molecule has 0 saturated carbocycles. The number of ether oxygens (including phenoxy) is 1. The van der Waals surface area contributed by atoms with Gasteiger partial charge in [-0.25, -0.2) is 0 Å². The lowest BCUT2D eigenvalue weighted by atomic mass is 10.1. The molecule has 0 unspecified atom stereocenters. The van der Waals surface area contributed by atoms with Crippen molar-refractivity contribution < 1.29 is 29.2 Å². The van der Waals surface area contributed by atoms with E-state index in [0.29, 0.717) is 21.8 Å². The second-order valence-electron chi connectivity index (χ2n) is 6.04. The first-order valence-corrected chi connectivity index (χ1v) is 9.91. The number of nitro groups is 1. The number of phenols is 1. The van der Waals surface area contributed by atoms with Crippen molar-refractivity contribution in [1.29, 1.82) is 0 Å². The average Bonchev–Trinajstić information content (AvgIpc) is 2.97. The first kappa shape index (κ1) is 21.5. The number of non-ortho nitro benzene ring substituents is 1. The smallest absolute Gasteiger partial charge is 0.293 e. The molecule has 0 bridgehead atoms. The van der Waals surface area contributed by atoms with Crippen LogP contribution in [0.1, 0.15) is 15.9 Å². The Morgan fingerprint density at radius 1 is 1.30 bits per heavy atom. The fourth-order valence-electron chi connectivity index (χ4n) is 2.61. The predicted octanol–water partition coefficient (Wildman–Crippen LogP) is 3.99. The van der Waals surface area contributed by atoms with Crippen LogP contribution in [0.25, 0.3) is 6.08 Å². The number of benzene rings is 2. The van der Waals surface area contributed by atoms with Gasteiger partial charge in [0, 0.05) is 22.2 Å². The summed E-state index contributed by atoms with van der Waals surface area (Å²) in [4.78, 5) is 48.4. The number of nitro benzene ring substituents is 1. The van der Waals surface area contributed by atoms with Crippen LogP contribution in [0.5, 0.6) is 11.5 Å². The van der Waals surface area contributed by atoms with Gasteiger partial charge in [-0.3, -0.25) is 29.4 Å². The van der Waals surface area contributed by atoms with E-state index < -0.39 is 28.4 Å². The number of aromatic hydroxyl groups is 1. The van der Waals surface area contributed by atoms with Crippen LogP contribution in [0.4, 0.5) is 10.5 Å². The van der Waals surface area contributed by atoms with Gasteiger partial charge in [-0.15, -0.1) is 0 Å². The third-order valence-electron chi connectivity index (χ3n) is 4.16. The molecule has 154 valence electrons. The zero-order valence-corrected chi connectivity index (χ0v) is 17.7. The molecule has 1 aliphatic rings. The fourth-order valence-corrected chi connectivity index (χ4v) is 3.89. The molecule has 11 heteroatoms. The van der Waals surface area contributed by atoms with Crippen LogP contribution in [-0.4, -0.2) is 45.5 Å². The number of Topliss-reactive ketones (excluding diaryl/α,β-unsaturated/α-hetero) is 1. The van der Waals surface area contributed by atoms with Crippen LogP contribution >= 0.6 is 27.7 Å². The van der Waals surface area contributed by atoms with Gasteiger partial charge in [0.2, 0.25) is 0 Å². The predicted molar refractivity (Wildman–Crippen MR) is 112 cm³/mol. The number of nitrogens with zero attached hydrogens (tertiary/aromatic N) is 2. The summed E-state index contributed by atoms with van der Waals surface area (Å²) in [6.45, 7) is -0.486. The number of carbonyl (C=O) groups excluding carboxylic acids is 3. The Bertz CT molecular complexity index is 1100. The molecule has 30 heavy (non-hydrogen) atoms. The summed E-state index contributed by atoms with van der Waals surface area (Å²) in [5, 5.41) is 19.9. The van der Waals surface area contributed by atoms with Gasteiger partial charge in [0.15, 0.2) is 17.3 Å². The fraction of sp³-hybridized carbons (Fsp3) is 0.105. The van der Waals surface area contributed by atoms with E-state index in [2.05, 4.69) is 15.9 Å². The average molecular weight is 493 g/mol.